The first kappa shape index (κ1) is 17.8. The highest BCUT2D eigenvalue weighted by atomic mass is 16.3. The lowest BCUT2D eigenvalue weighted by Gasteiger charge is -2.11. The number of fused-ring (bicyclic) bond motifs is 1. The van der Waals surface area contributed by atoms with Crippen LogP contribution >= 0.6 is 0 Å². The van der Waals surface area contributed by atoms with Crippen molar-refractivity contribution in [3.05, 3.63) is 36.1 Å². The monoisotopic (exact) mass is 331 g/mol. The molecule has 0 aliphatic heterocycles. The van der Waals surface area contributed by atoms with Gasteiger partial charge in [0.1, 0.15) is 11.3 Å². The molecule has 1 unspecified atom stereocenters. The number of amides is 3. The molecule has 24 heavy (non-hydrogen) atoms. The van der Waals surface area contributed by atoms with Gasteiger partial charge in [-0.3, -0.25) is 4.79 Å². The predicted molar refractivity (Wildman–Crippen MR) is 93.8 cm³/mol. The van der Waals surface area contributed by atoms with Gasteiger partial charge in [0.25, 0.3) is 0 Å². The van der Waals surface area contributed by atoms with Crippen molar-refractivity contribution in [1.82, 2.24) is 16.0 Å². The first-order valence-electron chi connectivity index (χ1n) is 8.37. The molecule has 6 heteroatoms. The Morgan fingerprint density at radius 1 is 1.17 bits per heavy atom. The molecule has 1 aromatic carbocycles. The van der Waals surface area contributed by atoms with Gasteiger partial charge in [-0.15, -0.1) is 0 Å². The molecule has 130 valence electrons. The second kappa shape index (κ2) is 8.96. The average Bonchev–Trinajstić information content (AvgIpc) is 2.97. The van der Waals surface area contributed by atoms with E-state index in [0.29, 0.717) is 19.5 Å². The van der Waals surface area contributed by atoms with Crippen LogP contribution in [0.5, 0.6) is 0 Å². The van der Waals surface area contributed by atoms with Gasteiger partial charge in [-0.2, -0.15) is 0 Å². The van der Waals surface area contributed by atoms with Crippen LogP contribution in [-0.4, -0.2) is 31.1 Å². The average molecular weight is 331 g/mol. The van der Waals surface area contributed by atoms with Crippen LogP contribution in [0.25, 0.3) is 11.0 Å². The van der Waals surface area contributed by atoms with E-state index in [0.717, 1.165) is 23.2 Å². The topological polar surface area (TPSA) is 83.4 Å². The number of para-hydroxylation sites is 1. The van der Waals surface area contributed by atoms with E-state index < -0.39 is 0 Å². The van der Waals surface area contributed by atoms with Gasteiger partial charge in [0.2, 0.25) is 5.91 Å². The van der Waals surface area contributed by atoms with E-state index in [9.17, 15) is 9.59 Å². The van der Waals surface area contributed by atoms with Crippen molar-refractivity contribution in [2.24, 2.45) is 0 Å². The van der Waals surface area contributed by atoms with Crippen LogP contribution in [0.4, 0.5) is 4.79 Å². The molecule has 6 nitrogen and oxygen atoms in total. The lowest BCUT2D eigenvalue weighted by Crippen LogP contribution is -2.39. The van der Waals surface area contributed by atoms with E-state index in [1.807, 2.05) is 44.2 Å². The molecule has 3 N–H and O–H groups in total. The summed E-state index contributed by atoms with van der Waals surface area (Å²) in [5.41, 5.74) is 0.851. The Balaban J connectivity index is 1.62. The smallest absolute Gasteiger partial charge is 0.314 e. The summed E-state index contributed by atoms with van der Waals surface area (Å²) in [5.74, 6) is 0.788. The van der Waals surface area contributed by atoms with Gasteiger partial charge in [0.15, 0.2) is 0 Å². The van der Waals surface area contributed by atoms with E-state index in [1.54, 1.807) is 0 Å². The largest absolute Gasteiger partial charge is 0.461 e. The summed E-state index contributed by atoms with van der Waals surface area (Å²) in [5, 5.41) is 9.35. The maximum absolute atomic E-state index is 11.7. The molecule has 2 aromatic rings. The van der Waals surface area contributed by atoms with E-state index in [1.165, 1.54) is 0 Å². The summed E-state index contributed by atoms with van der Waals surface area (Å²) in [6.45, 7) is 4.76. The third-order valence-electron chi connectivity index (χ3n) is 3.79. The number of carbonyl (C=O) groups excluding carboxylic acids is 2. The van der Waals surface area contributed by atoms with Crippen LogP contribution in [0.2, 0.25) is 0 Å². The minimum Gasteiger partial charge on any atom is -0.461 e. The van der Waals surface area contributed by atoms with Crippen molar-refractivity contribution in [2.75, 3.05) is 13.1 Å². The van der Waals surface area contributed by atoms with Crippen molar-refractivity contribution in [3.8, 4) is 0 Å². The number of rotatable bonds is 8. The Kier molecular flexibility index (Phi) is 6.66. The summed E-state index contributed by atoms with van der Waals surface area (Å²) in [6.07, 6.45) is 1.79. The quantitative estimate of drug-likeness (QED) is 0.695. The van der Waals surface area contributed by atoms with Crippen LogP contribution in [0.15, 0.2) is 34.7 Å². The van der Waals surface area contributed by atoms with Crippen LogP contribution < -0.4 is 16.0 Å². The zero-order chi connectivity index (χ0) is 17.4. The van der Waals surface area contributed by atoms with Crippen molar-refractivity contribution in [2.45, 2.75) is 39.2 Å². The number of benzene rings is 1. The molecule has 2 rings (SSSR count). The Labute approximate surface area is 142 Å². The third kappa shape index (κ3) is 5.61. The van der Waals surface area contributed by atoms with Gasteiger partial charge in [-0.1, -0.05) is 25.1 Å². The van der Waals surface area contributed by atoms with Crippen LogP contribution in [0.3, 0.4) is 0 Å². The summed E-state index contributed by atoms with van der Waals surface area (Å²) in [7, 11) is 0. The number of furan rings is 1. The summed E-state index contributed by atoms with van der Waals surface area (Å²) in [4.78, 5) is 23.3. The third-order valence-corrected chi connectivity index (χ3v) is 3.79. The van der Waals surface area contributed by atoms with Crippen LogP contribution in [-0.2, 0) is 11.2 Å². The van der Waals surface area contributed by atoms with Crippen molar-refractivity contribution in [1.29, 1.82) is 0 Å². The van der Waals surface area contributed by atoms with Gasteiger partial charge < -0.3 is 20.4 Å². The normalized spacial score (nSPS) is 11.9. The first-order chi connectivity index (χ1) is 11.6. The number of urea groups is 1. The molecule has 0 radical (unpaired) electrons. The standard InChI is InChI=1S/C18H25N3O3/c1-3-13(2)21-17(22)9-11-20-18(23)19-10-8-15-12-14-6-4-5-7-16(14)24-15/h4-7,12-13H,3,8-11H2,1-2H3,(H,21,22)(H2,19,20,23). The minimum absolute atomic E-state index is 0.0491. The molecule has 0 saturated carbocycles. The zero-order valence-electron chi connectivity index (χ0n) is 14.2. The van der Waals surface area contributed by atoms with E-state index in [2.05, 4.69) is 16.0 Å². The fourth-order valence-corrected chi connectivity index (χ4v) is 2.26. The predicted octanol–water partition coefficient (Wildman–Crippen LogP) is 2.58. The highest BCUT2D eigenvalue weighted by molar-refractivity contribution is 5.78. The SMILES string of the molecule is CCC(C)NC(=O)CCNC(=O)NCCc1cc2ccccc2o1. The molecule has 3 amide bonds. The van der Waals surface area contributed by atoms with Crippen LogP contribution in [0.1, 0.15) is 32.4 Å². The molecule has 0 spiro atoms. The second-order valence-corrected chi connectivity index (χ2v) is 5.81. The van der Waals surface area contributed by atoms with Gasteiger partial charge in [-0.25, -0.2) is 4.79 Å². The minimum atomic E-state index is -0.276. The van der Waals surface area contributed by atoms with Gasteiger partial charge in [0, 0.05) is 37.4 Å². The lowest BCUT2D eigenvalue weighted by molar-refractivity contribution is -0.121. The molecule has 0 aliphatic rings. The Morgan fingerprint density at radius 2 is 1.92 bits per heavy atom. The molecular formula is C18H25N3O3. The maximum atomic E-state index is 11.7. The Morgan fingerprint density at radius 3 is 2.67 bits per heavy atom. The molecular weight excluding hydrogens is 306 g/mol. The summed E-state index contributed by atoms with van der Waals surface area (Å²) >= 11 is 0. The van der Waals surface area contributed by atoms with E-state index >= 15 is 0 Å². The lowest BCUT2D eigenvalue weighted by atomic mass is 10.2. The second-order valence-electron chi connectivity index (χ2n) is 5.81. The summed E-state index contributed by atoms with van der Waals surface area (Å²) in [6, 6.07) is 9.67. The fourth-order valence-electron chi connectivity index (χ4n) is 2.26. The number of hydrogen-bond donors (Lipinski definition) is 3. The molecule has 1 atom stereocenters. The van der Waals surface area contributed by atoms with Gasteiger partial charge >= 0.3 is 6.03 Å². The highest BCUT2D eigenvalue weighted by Gasteiger charge is 2.07. The highest BCUT2D eigenvalue weighted by Crippen LogP contribution is 2.18. The molecule has 0 fully saturated rings. The van der Waals surface area contributed by atoms with Crippen molar-refractivity contribution >= 4 is 22.9 Å². The van der Waals surface area contributed by atoms with Crippen molar-refractivity contribution < 1.29 is 14.0 Å². The number of hydrogen-bond acceptors (Lipinski definition) is 3. The van der Waals surface area contributed by atoms with E-state index in [-0.39, 0.29) is 24.4 Å². The molecule has 0 saturated heterocycles. The summed E-state index contributed by atoms with van der Waals surface area (Å²) < 4.78 is 5.69. The van der Waals surface area contributed by atoms with Crippen molar-refractivity contribution in [3.63, 3.8) is 0 Å². The molecule has 1 heterocycles. The Bertz CT molecular complexity index is 648. The zero-order valence-corrected chi connectivity index (χ0v) is 14.2. The van der Waals surface area contributed by atoms with E-state index in [4.69, 9.17) is 4.42 Å². The number of carbonyl (C=O) groups is 2. The fraction of sp³-hybridized carbons (Fsp3) is 0.444. The maximum Gasteiger partial charge on any atom is 0.314 e. The van der Waals surface area contributed by atoms with Gasteiger partial charge in [-0.05, 0) is 25.5 Å². The molecule has 1 aromatic heterocycles. The number of nitrogens with one attached hydrogen (secondary N) is 3. The molecule has 0 aliphatic carbocycles. The first-order valence-corrected chi connectivity index (χ1v) is 8.37. The molecule has 0 bridgehead atoms. The van der Waals surface area contributed by atoms with Crippen LogP contribution in [0, 0.1) is 0 Å². The van der Waals surface area contributed by atoms with Gasteiger partial charge in [0.05, 0.1) is 0 Å². The Hall–Kier alpha value is -2.50.